The van der Waals surface area contributed by atoms with E-state index in [4.69, 9.17) is 38.3 Å². The number of carbonyl (C=O) groups is 16. The maximum atomic E-state index is 12.1. The van der Waals surface area contributed by atoms with Crippen LogP contribution in [-0.4, -0.2) is 296 Å². The highest BCUT2D eigenvalue weighted by Gasteiger charge is 2.41. The van der Waals surface area contributed by atoms with Gasteiger partial charge >= 0.3 is 66.3 Å². The van der Waals surface area contributed by atoms with Crippen LogP contribution in [0.25, 0.3) is 0 Å². The maximum Gasteiger partial charge on any atom is 0.417 e. The van der Waals surface area contributed by atoms with Gasteiger partial charge in [0.1, 0.15) is 56.9 Å². The number of nitrogens with one attached hydrogen (secondary N) is 7. The number of carboxylic acid groups (broad SMARTS) is 1. The lowest BCUT2D eigenvalue weighted by Gasteiger charge is -2.32. The molecule has 12 heterocycles. The van der Waals surface area contributed by atoms with Gasteiger partial charge in [-0.1, -0.05) is 0 Å². The Kier molecular flexibility index (Phi) is 41.0. The number of aromatic nitrogens is 10. The van der Waals surface area contributed by atoms with E-state index in [-0.39, 0.29) is 111 Å². The Morgan fingerprint density at radius 3 is 0.969 bits per heavy atom. The molecule has 1 unspecified atom stereocenters. The third kappa shape index (κ3) is 34.8. The lowest BCUT2D eigenvalue weighted by atomic mass is 9.92. The molecule has 7 aliphatic heterocycles. The molecule has 5 aromatic heterocycles. The minimum atomic E-state index is -1.16. The molecule has 2 saturated heterocycles. The first-order valence-electron chi connectivity index (χ1n) is 43.0. The second-order valence-corrected chi connectivity index (χ2v) is 35.0. The maximum absolute atomic E-state index is 12.1. The smallest absolute Gasteiger partial charge is 0.417 e. The van der Waals surface area contributed by atoms with Crippen molar-refractivity contribution in [2.45, 2.75) is 264 Å². The van der Waals surface area contributed by atoms with Crippen molar-refractivity contribution in [1.29, 1.82) is 0 Å². The van der Waals surface area contributed by atoms with Gasteiger partial charge in [-0.25, -0.2) is 52.7 Å². The number of nitrogens with zero attached hydrogens (tertiary/aromatic N) is 10. The molecule has 0 bridgehead atoms. The third-order valence-corrected chi connectivity index (χ3v) is 18.7. The van der Waals surface area contributed by atoms with Gasteiger partial charge in [-0.05, 0) is 138 Å². The van der Waals surface area contributed by atoms with Gasteiger partial charge in [-0.3, -0.25) is 49.5 Å². The lowest BCUT2D eigenvalue weighted by Crippen LogP contribution is -2.49. The molecule has 44 heteroatoms. The van der Waals surface area contributed by atoms with E-state index in [1.165, 1.54) is 16.7 Å². The zero-order valence-electron chi connectivity index (χ0n) is 78.7. The van der Waals surface area contributed by atoms with E-state index >= 15 is 0 Å². The van der Waals surface area contributed by atoms with Crippen molar-refractivity contribution >= 4 is 95.2 Å². The molecule has 2 fully saturated rings. The molecule has 12 rings (SSSR count). The van der Waals surface area contributed by atoms with Crippen LogP contribution in [0.2, 0.25) is 0 Å². The average molecular weight is 1830 g/mol. The highest BCUT2D eigenvalue weighted by molar-refractivity contribution is 6.38. The number of likely N-dealkylation sites (tertiary alicyclic amines) is 2. The van der Waals surface area contributed by atoms with Crippen LogP contribution in [0.1, 0.15) is 280 Å². The van der Waals surface area contributed by atoms with E-state index in [0.29, 0.717) is 119 Å². The number of hydrogen-bond acceptors (Lipinski definition) is 33. The molecule has 0 radical (unpaired) electrons. The van der Waals surface area contributed by atoms with Crippen molar-refractivity contribution in [1.82, 2.24) is 86.1 Å². The van der Waals surface area contributed by atoms with Gasteiger partial charge in [0, 0.05) is 193 Å². The highest BCUT2D eigenvalue weighted by atomic mass is 16.6. The van der Waals surface area contributed by atoms with E-state index in [2.05, 4.69) is 75.8 Å². The SMILES string of the molecule is CC(=O)c1n[nH]c2c1CN(C(=O)OC(C)(C)C)CC2.CC(=O)c1n[nH]c2c1CNCC2.CC(C)(C)OC(=O)N1CCC(=O)CC1.CC(C)(C)OC(=O)N1CCc2[nH]nc(C(=O)O)c2C1.CCOC(=O)C(=O)C1CN(C(=O)OC(C)(C)C)CCC1=O.CCOC(=O)C(=O)OCC.CCOC(=O)c1n[nH]c2c1CN(C(=O)OC(C)(C)C)CC2.CCOC(=O)c1n[nH]c2c1CNCC2. The number of aromatic carboxylic acids is 1. The summed E-state index contributed by atoms with van der Waals surface area (Å²) >= 11 is 0. The summed E-state index contributed by atoms with van der Waals surface area (Å²) in [5.74, 6) is -7.05. The Balaban J connectivity index is 0.000000266. The van der Waals surface area contributed by atoms with Crippen LogP contribution < -0.4 is 10.6 Å². The van der Waals surface area contributed by atoms with Crippen LogP contribution in [0.4, 0.5) is 24.0 Å². The normalized spacial score (nSPS) is 15.5. The third-order valence-electron chi connectivity index (χ3n) is 18.7. The predicted octanol–water partition coefficient (Wildman–Crippen LogP) is 8.32. The van der Waals surface area contributed by atoms with E-state index in [1.807, 2.05) is 62.3 Å². The fourth-order valence-corrected chi connectivity index (χ4v) is 12.8. The molecule has 1 atom stereocenters. The minimum Gasteiger partial charge on any atom is -0.476 e. The number of carboxylic acids is 1. The van der Waals surface area contributed by atoms with Crippen molar-refractivity contribution in [3.05, 3.63) is 84.8 Å². The monoisotopic (exact) mass is 1830 g/mol. The molecule has 5 amide bonds. The summed E-state index contributed by atoms with van der Waals surface area (Å²) in [5.41, 5.74) is 7.74. The molecular weight excluding hydrogens is 1700 g/mol. The number of hydrogen-bond donors (Lipinski definition) is 8. The number of fused-ring (bicyclic) bond motifs is 5. The average Bonchev–Trinajstić information content (AvgIpc) is 1.66. The summed E-state index contributed by atoms with van der Waals surface area (Å²) in [7, 11) is 0. The van der Waals surface area contributed by atoms with E-state index in [0.717, 1.165) is 77.6 Å². The van der Waals surface area contributed by atoms with Gasteiger partial charge in [-0.15, -0.1) is 0 Å². The van der Waals surface area contributed by atoms with Gasteiger partial charge in [0.2, 0.25) is 0 Å². The molecule has 5 aromatic rings. The molecule has 0 aliphatic carbocycles. The van der Waals surface area contributed by atoms with Crippen molar-refractivity contribution < 1.29 is 129 Å². The van der Waals surface area contributed by atoms with Crippen molar-refractivity contribution in [3.8, 4) is 0 Å². The molecule has 130 heavy (non-hydrogen) atoms. The lowest BCUT2D eigenvalue weighted by molar-refractivity contribution is -0.167. The zero-order valence-corrected chi connectivity index (χ0v) is 78.7. The number of aromatic amines is 5. The number of amides is 5. The number of carbonyl (C=O) groups excluding carboxylic acids is 15. The number of esters is 5. The van der Waals surface area contributed by atoms with Crippen LogP contribution in [0, 0.1) is 5.92 Å². The number of ether oxygens (including phenoxy) is 10. The zero-order chi connectivity index (χ0) is 97.5. The van der Waals surface area contributed by atoms with Crippen LogP contribution in [-0.2, 0) is 141 Å². The molecule has 0 aromatic carbocycles. The van der Waals surface area contributed by atoms with Crippen molar-refractivity contribution in [2.24, 2.45) is 5.92 Å². The van der Waals surface area contributed by atoms with Crippen LogP contribution >= 0.6 is 0 Å². The van der Waals surface area contributed by atoms with Gasteiger partial charge in [-0.2, -0.15) is 25.5 Å². The van der Waals surface area contributed by atoms with Crippen LogP contribution in [0.15, 0.2) is 0 Å². The van der Waals surface area contributed by atoms with E-state index in [1.54, 1.807) is 97.8 Å². The second-order valence-electron chi connectivity index (χ2n) is 35.0. The summed E-state index contributed by atoms with van der Waals surface area (Å²) in [4.78, 5) is 191. The highest BCUT2D eigenvalue weighted by Crippen LogP contribution is 2.28. The molecule has 8 N–H and O–H groups in total. The Morgan fingerprint density at radius 1 is 0.346 bits per heavy atom. The number of H-pyrrole nitrogens is 5. The Hall–Kier alpha value is -12.5. The second kappa shape index (κ2) is 49.3. The van der Waals surface area contributed by atoms with Crippen LogP contribution in [0.3, 0.4) is 0 Å². The number of rotatable bonds is 12. The van der Waals surface area contributed by atoms with E-state index < -0.39 is 81.7 Å². The first-order chi connectivity index (χ1) is 60.7. The van der Waals surface area contributed by atoms with Crippen molar-refractivity contribution in [3.63, 3.8) is 0 Å². The summed E-state index contributed by atoms with van der Waals surface area (Å²) in [6.45, 7) is 46.3. The molecule has 0 spiro atoms. The Morgan fingerprint density at radius 2 is 0.623 bits per heavy atom. The van der Waals surface area contributed by atoms with Crippen molar-refractivity contribution in [2.75, 3.05) is 91.9 Å². The van der Waals surface area contributed by atoms with Gasteiger partial charge in [0.05, 0.1) is 52.7 Å². The summed E-state index contributed by atoms with van der Waals surface area (Å²) in [5, 5.41) is 49.4. The molecule has 7 aliphatic rings. The quantitative estimate of drug-likeness (QED) is 0.0191. The summed E-state index contributed by atoms with van der Waals surface area (Å²) < 4.78 is 49.5. The summed E-state index contributed by atoms with van der Waals surface area (Å²) in [6.07, 6.45) is 2.51. The number of ketones is 5. The molecular formula is C86H129N17O27. The first kappa shape index (κ1) is 108. The Bertz CT molecular complexity index is 4670. The molecule has 44 nitrogen and oxygen atoms in total. The first-order valence-corrected chi connectivity index (χ1v) is 43.0. The number of Topliss-reactive ketones (excluding diaryl/α,β-unsaturated/α-hetero) is 5. The standard InChI is InChI=1S/C14H21N3O4.C14H21NO6.C13H19N3O3.C12H17N3O4.C10H17NO3.C9H13N3O2.C8H11N3O.C6H10O4/c1-5-20-12(18)11-9-8-17(7-6-10(9)15-16-11)13(19)21-14(2,3)4;1-5-20-12(18)11(17)9-8-15(7-6-10(9)16)13(19)21-14(2,3)4;1-8(17)11-9-7-16(6-5-10(9)14-15-11)12(18)19-13(2,3)4;1-12(2,3)19-11(18)15-5-4-8-7(6-15)9(10(16)17)14-13-8;1-10(2,3)14-9(13)11-6-4-8(12)5-7-11;1-2-14-9(13)8-6-5-10-4-3-7(6)11-12-8;1-5(12)8-6-4-9-3-2-7(6)10-11-8;1-3-9-5(7)6(8)10-4-2/h5-8H2,1-4H3,(H,15,16);9H,5-8H2,1-4H3;5-7H2,1-4H3,(H,14,15);4-6H2,1-3H3,(H,13,14)(H,16,17);4-7H2,1-3H3;10H,2-5H2,1H3,(H,11,12);9H,2-4H2,1H3,(H,10,11);3-4H2,1-2H3. The Labute approximate surface area is 754 Å². The fourth-order valence-electron chi connectivity index (χ4n) is 12.8. The van der Waals surface area contributed by atoms with Gasteiger partial charge in [0.15, 0.2) is 28.6 Å². The van der Waals surface area contributed by atoms with Crippen LogP contribution in [0.5, 0.6) is 0 Å². The summed E-state index contributed by atoms with van der Waals surface area (Å²) in [6, 6.07) is 0. The topological polar surface area (TPSA) is 569 Å². The largest absolute Gasteiger partial charge is 0.476 e. The molecule has 720 valence electrons. The minimum absolute atomic E-state index is 0.0229. The molecule has 0 saturated carbocycles. The predicted molar refractivity (Wildman–Crippen MR) is 462 cm³/mol. The van der Waals surface area contributed by atoms with E-state index in [9.17, 15) is 76.7 Å². The van der Waals surface area contributed by atoms with Gasteiger partial charge < -0.3 is 87.6 Å². The number of piperidine rings is 2. The van der Waals surface area contributed by atoms with Gasteiger partial charge in [0.25, 0.3) is 5.78 Å². The fraction of sp³-hybridized carbons (Fsp3) is 0.640.